The largest absolute Gasteiger partial charge is 0.364 e. The van der Waals surface area contributed by atoms with Crippen molar-refractivity contribution < 1.29 is 13.7 Å². The lowest BCUT2D eigenvalue weighted by atomic mass is 10.1. The van der Waals surface area contributed by atoms with E-state index in [2.05, 4.69) is 20.1 Å². The Labute approximate surface area is 192 Å². The summed E-state index contributed by atoms with van der Waals surface area (Å²) >= 11 is 0. The van der Waals surface area contributed by atoms with Gasteiger partial charge in [-0.1, -0.05) is 11.2 Å². The predicted molar refractivity (Wildman–Crippen MR) is 121 cm³/mol. The summed E-state index contributed by atoms with van der Waals surface area (Å²) in [5, 5.41) is 4.09. The molecule has 1 aliphatic rings. The highest BCUT2D eigenvalue weighted by molar-refractivity contribution is 5.83. The molecule has 4 aromatic heterocycles. The van der Waals surface area contributed by atoms with Crippen molar-refractivity contribution in [3.63, 3.8) is 0 Å². The van der Waals surface area contributed by atoms with Gasteiger partial charge in [0, 0.05) is 6.20 Å². The van der Waals surface area contributed by atoms with E-state index >= 15 is 0 Å². The van der Waals surface area contributed by atoms with E-state index in [4.69, 9.17) is 9.26 Å². The maximum Gasteiger partial charge on any atom is 0.279 e. The topological polar surface area (TPSA) is 100 Å². The minimum atomic E-state index is -0.442. The van der Waals surface area contributed by atoms with E-state index in [9.17, 15) is 9.18 Å². The lowest BCUT2D eigenvalue weighted by Crippen LogP contribution is -2.24. The van der Waals surface area contributed by atoms with Crippen LogP contribution in [0.3, 0.4) is 0 Å². The molecule has 1 aliphatic heterocycles. The van der Waals surface area contributed by atoms with Crippen molar-refractivity contribution >= 4 is 16.6 Å². The van der Waals surface area contributed by atoms with E-state index in [0.717, 1.165) is 12.8 Å². The van der Waals surface area contributed by atoms with Crippen LogP contribution in [-0.4, -0.2) is 34.7 Å². The summed E-state index contributed by atoms with van der Waals surface area (Å²) in [6, 6.07) is 9.75. The summed E-state index contributed by atoms with van der Waals surface area (Å²) in [6.45, 7) is 4.21. The highest BCUT2D eigenvalue weighted by Gasteiger charge is 2.35. The summed E-state index contributed by atoms with van der Waals surface area (Å²) in [5.74, 6) is 0.120. The molecule has 5 heterocycles. The van der Waals surface area contributed by atoms with Crippen molar-refractivity contribution in [2.24, 2.45) is 0 Å². The molecule has 172 valence electrons. The summed E-state index contributed by atoms with van der Waals surface area (Å²) in [5.41, 5.74) is 1.63. The summed E-state index contributed by atoms with van der Waals surface area (Å²) in [7, 11) is 0. The average molecular weight is 460 g/mol. The standard InChI is InChI=1S/C24H21FN6O3/c1-24(2)9-8-18(33-24)21-28-22(34-29-21)19-20-23(32)30(12-15-5-3-4-10-26-15)17-11-14(25)6-7-16(17)31(20)13-27-19/h3-7,10-11,13,18H,8-9,12H2,1-2H3. The van der Waals surface area contributed by atoms with Crippen LogP contribution >= 0.6 is 0 Å². The summed E-state index contributed by atoms with van der Waals surface area (Å²) < 4.78 is 28.8. The van der Waals surface area contributed by atoms with Gasteiger partial charge in [0.15, 0.2) is 5.69 Å². The van der Waals surface area contributed by atoms with Gasteiger partial charge >= 0.3 is 0 Å². The maximum atomic E-state index is 14.2. The van der Waals surface area contributed by atoms with Gasteiger partial charge in [-0.05, 0) is 57.0 Å². The molecule has 0 spiro atoms. The molecule has 10 heteroatoms. The number of aromatic nitrogens is 6. The van der Waals surface area contributed by atoms with Crippen LogP contribution in [0.4, 0.5) is 4.39 Å². The SMILES string of the molecule is CC1(C)CCC(c2noc(-c3ncn4c3c(=O)n(Cc3ccccn3)c3cc(F)ccc34)n2)O1. The number of halogens is 1. The zero-order valence-electron chi connectivity index (χ0n) is 18.6. The lowest BCUT2D eigenvalue weighted by molar-refractivity contribution is -0.0207. The van der Waals surface area contributed by atoms with Crippen LogP contribution in [0, 0.1) is 5.82 Å². The molecule has 0 N–H and O–H groups in total. The predicted octanol–water partition coefficient (Wildman–Crippen LogP) is 3.91. The number of ether oxygens (including phenoxy) is 1. The first kappa shape index (κ1) is 20.7. The molecule has 1 saturated heterocycles. The molecule has 0 saturated carbocycles. The van der Waals surface area contributed by atoms with Crippen molar-refractivity contribution in [1.82, 2.24) is 29.1 Å². The molecule has 9 nitrogen and oxygen atoms in total. The maximum absolute atomic E-state index is 14.2. The Morgan fingerprint density at radius 2 is 2.06 bits per heavy atom. The van der Waals surface area contributed by atoms with E-state index in [1.807, 2.05) is 26.0 Å². The molecule has 1 fully saturated rings. The molecule has 1 atom stereocenters. The number of nitrogens with zero attached hydrogens (tertiary/aromatic N) is 6. The Hall–Kier alpha value is -3.92. The first-order chi connectivity index (χ1) is 16.4. The van der Waals surface area contributed by atoms with E-state index in [1.165, 1.54) is 23.0 Å². The van der Waals surface area contributed by atoms with Crippen LogP contribution in [0.15, 0.2) is 58.2 Å². The van der Waals surface area contributed by atoms with Gasteiger partial charge in [0.05, 0.1) is 28.9 Å². The van der Waals surface area contributed by atoms with Crippen LogP contribution in [0.5, 0.6) is 0 Å². The van der Waals surface area contributed by atoms with Crippen molar-refractivity contribution in [3.8, 4) is 11.6 Å². The van der Waals surface area contributed by atoms with Crippen LogP contribution < -0.4 is 5.56 Å². The van der Waals surface area contributed by atoms with Crippen LogP contribution in [0.25, 0.3) is 28.1 Å². The molecular weight excluding hydrogens is 439 g/mol. The molecule has 0 aliphatic carbocycles. The molecule has 1 unspecified atom stereocenters. The summed E-state index contributed by atoms with van der Waals surface area (Å²) in [6.07, 6.45) is 4.55. The quantitative estimate of drug-likeness (QED) is 0.401. The van der Waals surface area contributed by atoms with Gasteiger partial charge in [0.1, 0.15) is 23.8 Å². The number of fused-ring (bicyclic) bond motifs is 3. The Balaban J connectivity index is 1.52. The zero-order valence-corrected chi connectivity index (χ0v) is 18.6. The van der Waals surface area contributed by atoms with Crippen LogP contribution in [0.2, 0.25) is 0 Å². The minimum Gasteiger partial charge on any atom is -0.364 e. The zero-order chi connectivity index (χ0) is 23.4. The minimum absolute atomic E-state index is 0.133. The highest BCUT2D eigenvalue weighted by atomic mass is 19.1. The second-order valence-corrected chi connectivity index (χ2v) is 9.02. The average Bonchev–Trinajstić information content (AvgIpc) is 3.55. The van der Waals surface area contributed by atoms with Crippen molar-refractivity contribution in [3.05, 3.63) is 76.6 Å². The third-order valence-electron chi connectivity index (χ3n) is 6.15. The van der Waals surface area contributed by atoms with E-state index < -0.39 is 5.82 Å². The number of rotatable bonds is 4. The Morgan fingerprint density at radius 1 is 1.18 bits per heavy atom. The fourth-order valence-electron chi connectivity index (χ4n) is 4.48. The van der Waals surface area contributed by atoms with E-state index in [0.29, 0.717) is 22.6 Å². The second-order valence-electron chi connectivity index (χ2n) is 9.02. The molecular formula is C24H21FN6O3. The Bertz CT molecular complexity index is 1590. The van der Waals surface area contributed by atoms with Crippen LogP contribution in [-0.2, 0) is 11.3 Å². The second kappa shape index (κ2) is 7.56. The first-order valence-electron chi connectivity index (χ1n) is 11.0. The molecule has 1 aromatic carbocycles. The van der Waals surface area contributed by atoms with Gasteiger partial charge < -0.3 is 9.26 Å². The molecule has 34 heavy (non-hydrogen) atoms. The van der Waals surface area contributed by atoms with Gasteiger partial charge in [-0.15, -0.1) is 0 Å². The highest BCUT2D eigenvalue weighted by Crippen LogP contribution is 2.38. The number of imidazole rings is 1. The molecule has 0 amide bonds. The monoisotopic (exact) mass is 460 g/mol. The fourth-order valence-corrected chi connectivity index (χ4v) is 4.48. The number of hydrogen-bond acceptors (Lipinski definition) is 7. The van der Waals surface area contributed by atoms with Crippen LogP contribution in [0.1, 0.15) is 44.3 Å². The van der Waals surface area contributed by atoms with Gasteiger partial charge in [-0.25, -0.2) is 9.37 Å². The first-order valence-corrected chi connectivity index (χ1v) is 11.0. The smallest absolute Gasteiger partial charge is 0.279 e. The van der Waals surface area contributed by atoms with Gasteiger partial charge in [-0.3, -0.25) is 18.7 Å². The fraction of sp³-hybridized carbons (Fsp3) is 0.292. The summed E-state index contributed by atoms with van der Waals surface area (Å²) in [4.78, 5) is 26.9. The third-order valence-corrected chi connectivity index (χ3v) is 6.15. The van der Waals surface area contributed by atoms with Gasteiger partial charge in [0.25, 0.3) is 11.4 Å². The number of benzene rings is 1. The number of pyridine rings is 1. The molecule has 0 bridgehead atoms. The Morgan fingerprint density at radius 3 is 2.82 bits per heavy atom. The van der Waals surface area contributed by atoms with Crippen molar-refractivity contribution in [2.75, 3.05) is 0 Å². The van der Waals surface area contributed by atoms with Crippen molar-refractivity contribution in [2.45, 2.75) is 44.9 Å². The van der Waals surface area contributed by atoms with E-state index in [-0.39, 0.29) is 40.9 Å². The van der Waals surface area contributed by atoms with E-state index in [1.54, 1.807) is 22.7 Å². The number of hydrogen-bond donors (Lipinski definition) is 0. The molecule has 0 radical (unpaired) electrons. The van der Waals surface area contributed by atoms with Crippen molar-refractivity contribution in [1.29, 1.82) is 0 Å². The van der Waals surface area contributed by atoms with Gasteiger partial charge in [0.2, 0.25) is 5.82 Å². The van der Waals surface area contributed by atoms with Gasteiger partial charge in [-0.2, -0.15) is 4.98 Å². The Kier molecular flexibility index (Phi) is 4.59. The molecule has 6 rings (SSSR count). The molecule has 5 aromatic rings. The lowest BCUT2D eigenvalue weighted by Gasteiger charge is -2.17. The third kappa shape index (κ3) is 3.38. The normalized spacial score (nSPS) is 17.7.